The van der Waals surface area contributed by atoms with Crippen molar-refractivity contribution in [1.82, 2.24) is 25.9 Å². The first-order chi connectivity index (χ1) is 14.4. The number of nitrogens with two attached hydrogens (primary N) is 2. The minimum Gasteiger partial charge on any atom is -0.480 e. The molecule has 0 bridgehead atoms. The van der Waals surface area contributed by atoms with Crippen molar-refractivity contribution in [3.05, 3.63) is 18.2 Å². The molecule has 0 spiro atoms. The van der Waals surface area contributed by atoms with Crippen molar-refractivity contribution in [3.63, 3.8) is 0 Å². The zero-order valence-electron chi connectivity index (χ0n) is 17.0. The first kappa shape index (κ1) is 25.5. The number of primary amides is 1. The number of hydrogen-bond acceptors (Lipinski definition) is 8. The highest BCUT2D eigenvalue weighted by molar-refractivity contribution is 5.96. The van der Waals surface area contributed by atoms with Crippen LogP contribution in [0.5, 0.6) is 0 Å². The molecular formula is C17H27N7O7. The van der Waals surface area contributed by atoms with Crippen molar-refractivity contribution < 1.29 is 34.2 Å². The zero-order valence-corrected chi connectivity index (χ0v) is 17.0. The van der Waals surface area contributed by atoms with Crippen LogP contribution < -0.4 is 27.4 Å². The number of carbonyl (C=O) groups excluding carboxylic acids is 4. The summed E-state index contributed by atoms with van der Waals surface area (Å²) in [5.41, 5.74) is 11.1. The van der Waals surface area contributed by atoms with Gasteiger partial charge in [0.2, 0.25) is 23.6 Å². The number of amides is 4. The zero-order chi connectivity index (χ0) is 23.7. The number of carbonyl (C=O) groups is 5. The van der Waals surface area contributed by atoms with E-state index in [-0.39, 0.29) is 6.42 Å². The van der Waals surface area contributed by atoms with Gasteiger partial charge in [0.15, 0.2) is 6.04 Å². The van der Waals surface area contributed by atoms with E-state index in [0.29, 0.717) is 5.69 Å². The number of H-pyrrole nitrogens is 1. The van der Waals surface area contributed by atoms with Crippen LogP contribution in [0, 0.1) is 0 Å². The predicted molar refractivity (Wildman–Crippen MR) is 105 cm³/mol. The van der Waals surface area contributed by atoms with Crippen LogP contribution in [0.25, 0.3) is 0 Å². The Morgan fingerprint density at radius 3 is 2.10 bits per heavy atom. The SMILES string of the molecule is CC(N)C(=O)NC(Cc1cnc[nH]1)C(=O)NC(CC(N)=O)C(=O)NC(C(=O)O)C(C)O. The number of aliphatic carboxylic acids is 1. The number of aromatic nitrogens is 2. The molecule has 0 saturated heterocycles. The lowest BCUT2D eigenvalue weighted by Gasteiger charge is -2.24. The van der Waals surface area contributed by atoms with E-state index in [4.69, 9.17) is 16.6 Å². The van der Waals surface area contributed by atoms with Gasteiger partial charge >= 0.3 is 5.97 Å². The second kappa shape index (κ2) is 11.6. The molecule has 5 atom stereocenters. The van der Waals surface area contributed by atoms with Gasteiger partial charge in [0, 0.05) is 18.3 Å². The number of nitrogens with one attached hydrogen (secondary N) is 4. The summed E-state index contributed by atoms with van der Waals surface area (Å²) in [6, 6.07) is -5.36. The lowest BCUT2D eigenvalue weighted by atomic mass is 10.1. The lowest BCUT2D eigenvalue weighted by molar-refractivity contribution is -0.145. The Bertz CT molecular complexity index is 795. The summed E-state index contributed by atoms with van der Waals surface area (Å²) in [5, 5.41) is 25.3. The van der Waals surface area contributed by atoms with Crippen molar-refractivity contribution in [2.45, 2.75) is 57.0 Å². The Morgan fingerprint density at radius 1 is 1.06 bits per heavy atom. The Labute approximate surface area is 177 Å². The van der Waals surface area contributed by atoms with Crippen LogP contribution in [0.1, 0.15) is 26.0 Å². The maximum Gasteiger partial charge on any atom is 0.328 e. The van der Waals surface area contributed by atoms with Crippen LogP contribution in [0.3, 0.4) is 0 Å². The van der Waals surface area contributed by atoms with Crippen molar-refractivity contribution in [3.8, 4) is 0 Å². The van der Waals surface area contributed by atoms with E-state index >= 15 is 0 Å². The number of rotatable bonds is 12. The molecule has 1 heterocycles. The molecule has 172 valence electrons. The van der Waals surface area contributed by atoms with E-state index in [1.54, 1.807) is 0 Å². The molecule has 0 saturated carbocycles. The molecule has 4 amide bonds. The molecule has 1 rings (SSSR count). The number of aliphatic hydroxyl groups excluding tert-OH is 1. The van der Waals surface area contributed by atoms with E-state index in [1.165, 1.54) is 19.4 Å². The number of aliphatic hydroxyl groups is 1. The number of hydrogen-bond donors (Lipinski definition) is 8. The van der Waals surface area contributed by atoms with Crippen LogP contribution in [0.15, 0.2) is 12.5 Å². The number of aromatic amines is 1. The molecule has 1 aromatic rings. The number of carboxylic acid groups (broad SMARTS) is 1. The quantitative estimate of drug-likeness (QED) is 0.158. The van der Waals surface area contributed by atoms with Gasteiger partial charge < -0.3 is 42.6 Å². The summed E-state index contributed by atoms with van der Waals surface area (Å²) in [6.45, 7) is 2.55. The molecule has 1 aromatic heterocycles. The fourth-order valence-corrected chi connectivity index (χ4v) is 2.45. The second-order valence-corrected chi connectivity index (χ2v) is 6.93. The topological polar surface area (TPSA) is 243 Å². The van der Waals surface area contributed by atoms with Crippen molar-refractivity contribution in [1.29, 1.82) is 0 Å². The predicted octanol–water partition coefficient (Wildman–Crippen LogP) is -3.91. The summed E-state index contributed by atoms with van der Waals surface area (Å²) in [5.74, 6) is -5.02. The average Bonchev–Trinajstić information content (AvgIpc) is 3.16. The highest BCUT2D eigenvalue weighted by atomic mass is 16.4. The van der Waals surface area contributed by atoms with E-state index < -0.39 is 66.3 Å². The second-order valence-electron chi connectivity index (χ2n) is 6.93. The van der Waals surface area contributed by atoms with Crippen LogP contribution >= 0.6 is 0 Å². The van der Waals surface area contributed by atoms with Gasteiger partial charge in [0.25, 0.3) is 0 Å². The van der Waals surface area contributed by atoms with E-state index in [1.807, 2.05) is 5.32 Å². The monoisotopic (exact) mass is 441 g/mol. The molecule has 0 aliphatic rings. The molecular weight excluding hydrogens is 414 g/mol. The highest BCUT2D eigenvalue weighted by Crippen LogP contribution is 2.03. The third-order valence-electron chi connectivity index (χ3n) is 4.11. The Morgan fingerprint density at radius 2 is 1.65 bits per heavy atom. The molecule has 0 aliphatic carbocycles. The van der Waals surface area contributed by atoms with Crippen LogP contribution in [-0.2, 0) is 30.4 Å². The normalized spacial score (nSPS) is 15.6. The number of nitrogens with zero attached hydrogens (tertiary/aromatic N) is 1. The van der Waals surface area contributed by atoms with E-state index in [0.717, 1.165) is 6.92 Å². The summed E-state index contributed by atoms with van der Waals surface area (Å²) in [6.07, 6.45) is 0.641. The maximum absolute atomic E-state index is 12.8. The Hall–Kier alpha value is -3.52. The largest absolute Gasteiger partial charge is 0.480 e. The smallest absolute Gasteiger partial charge is 0.328 e. The number of carboxylic acids is 1. The van der Waals surface area contributed by atoms with Gasteiger partial charge in [-0.3, -0.25) is 19.2 Å². The summed E-state index contributed by atoms with van der Waals surface area (Å²) < 4.78 is 0. The van der Waals surface area contributed by atoms with Crippen molar-refractivity contribution >= 4 is 29.6 Å². The molecule has 14 nitrogen and oxygen atoms in total. The first-order valence-corrected chi connectivity index (χ1v) is 9.25. The van der Waals surface area contributed by atoms with Gasteiger partial charge in [-0.25, -0.2) is 9.78 Å². The summed E-state index contributed by atoms with van der Waals surface area (Å²) in [7, 11) is 0. The van der Waals surface area contributed by atoms with Gasteiger partial charge in [0.05, 0.1) is 24.9 Å². The van der Waals surface area contributed by atoms with Gasteiger partial charge in [-0.05, 0) is 13.8 Å². The molecule has 0 radical (unpaired) electrons. The molecule has 5 unspecified atom stereocenters. The van der Waals surface area contributed by atoms with Crippen molar-refractivity contribution in [2.75, 3.05) is 0 Å². The van der Waals surface area contributed by atoms with E-state index in [9.17, 15) is 29.1 Å². The van der Waals surface area contributed by atoms with Gasteiger partial charge in [0.1, 0.15) is 12.1 Å². The lowest BCUT2D eigenvalue weighted by Crippen LogP contribution is -2.59. The molecule has 31 heavy (non-hydrogen) atoms. The Kier molecular flexibility index (Phi) is 9.56. The standard InChI is InChI=1S/C17H27N7O7/c1-7(18)14(27)22-10(3-9-5-20-6-21-9)15(28)23-11(4-12(19)26)16(29)24-13(8(2)25)17(30)31/h5-8,10-11,13,25H,3-4,18H2,1-2H3,(H2,19,26)(H,20,21)(H,22,27)(H,23,28)(H,24,29)(H,30,31). The third kappa shape index (κ3) is 8.39. The van der Waals surface area contributed by atoms with Gasteiger partial charge in [-0.15, -0.1) is 0 Å². The number of imidazole rings is 1. The van der Waals surface area contributed by atoms with Crippen molar-refractivity contribution in [2.24, 2.45) is 11.5 Å². The minimum atomic E-state index is -1.68. The summed E-state index contributed by atoms with van der Waals surface area (Å²) >= 11 is 0. The minimum absolute atomic E-state index is 0.0410. The molecule has 0 fully saturated rings. The average molecular weight is 441 g/mol. The molecule has 0 aliphatic heterocycles. The first-order valence-electron chi connectivity index (χ1n) is 9.25. The highest BCUT2D eigenvalue weighted by Gasteiger charge is 2.32. The summed E-state index contributed by atoms with van der Waals surface area (Å²) in [4.78, 5) is 66.4. The van der Waals surface area contributed by atoms with Crippen LogP contribution in [-0.4, -0.2) is 80.1 Å². The van der Waals surface area contributed by atoms with Crippen LogP contribution in [0.2, 0.25) is 0 Å². The fraction of sp³-hybridized carbons (Fsp3) is 0.529. The Balaban J connectivity index is 3.03. The molecule has 0 aromatic carbocycles. The van der Waals surface area contributed by atoms with Gasteiger partial charge in [-0.1, -0.05) is 0 Å². The maximum atomic E-state index is 12.8. The third-order valence-corrected chi connectivity index (χ3v) is 4.11. The van der Waals surface area contributed by atoms with Gasteiger partial charge in [-0.2, -0.15) is 0 Å². The van der Waals surface area contributed by atoms with E-state index in [2.05, 4.69) is 20.6 Å². The fourth-order valence-electron chi connectivity index (χ4n) is 2.45. The molecule has 14 heteroatoms. The van der Waals surface area contributed by atoms with Crippen LogP contribution in [0.4, 0.5) is 0 Å². The molecule has 10 N–H and O–H groups in total.